The molecule has 0 radical (unpaired) electrons. The molecule has 1 heterocycles. The molecule has 0 amide bonds. The SMILES string of the molecule is O=S(=O)(NCCc1nccs1)c1cc(CO)ccc1Cl. The van der Waals surface area contributed by atoms with E-state index in [2.05, 4.69) is 9.71 Å². The first-order valence-electron chi connectivity index (χ1n) is 5.80. The van der Waals surface area contributed by atoms with E-state index in [1.54, 1.807) is 12.3 Å². The van der Waals surface area contributed by atoms with E-state index in [-0.39, 0.29) is 23.1 Å². The van der Waals surface area contributed by atoms with Gasteiger partial charge in [0, 0.05) is 24.5 Å². The highest BCUT2D eigenvalue weighted by atomic mass is 35.5. The largest absolute Gasteiger partial charge is 0.392 e. The van der Waals surface area contributed by atoms with Crippen molar-refractivity contribution in [2.75, 3.05) is 6.54 Å². The average Bonchev–Trinajstić information content (AvgIpc) is 2.92. The van der Waals surface area contributed by atoms with E-state index < -0.39 is 10.0 Å². The Bertz CT molecular complexity index is 672. The zero-order chi connectivity index (χ0) is 14.6. The maximum Gasteiger partial charge on any atom is 0.242 e. The smallest absolute Gasteiger partial charge is 0.242 e. The second-order valence-electron chi connectivity index (χ2n) is 4.00. The van der Waals surface area contributed by atoms with Gasteiger partial charge in [0.1, 0.15) is 4.90 Å². The van der Waals surface area contributed by atoms with Gasteiger partial charge in [0.25, 0.3) is 0 Å². The highest BCUT2D eigenvalue weighted by Crippen LogP contribution is 2.22. The zero-order valence-electron chi connectivity index (χ0n) is 10.4. The molecule has 5 nitrogen and oxygen atoms in total. The molecule has 0 atom stereocenters. The lowest BCUT2D eigenvalue weighted by atomic mass is 10.2. The Kier molecular flexibility index (Phi) is 5.11. The lowest BCUT2D eigenvalue weighted by Gasteiger charge is -2.09. The van der Waals surface area contributed by atoms with Crippen LogP contribution in [0.25, 0.3) is 0 Å². The quantitative estimate of drug-likeness (QED) is 0.845. The van der Waals surface area contributed by atoms with E-state index in [0.717, 1.165) is 5.01 Å². The number of aromatic nitrogens is 1. The molecule has 0 saturated carbocycles. The van der Waals surface area contributed by atoms with E-state index in [1.165, 1.54) is 23.5 Å². The summed E-state index contributed by atoms with van der Waals surface area (Å²) in [5, 5.41) is 11.9. The molecule has 8 heteroatoms. The van der Waals surface area contributed by atoms with Crippen molar-refractivity contribution in [2.45, 2.75) is 17.9 Å². The molecule has 20 heavy (non-hydrogen) atoms. The Morgan fingerprint density at radius 2 is 2.20 bits per heavy atom. The highest BCUT2D eigenvalue weighted by molar-refractivity contribution is 7.89. The van der Waals surface area contributed by atoms with Gasteiger partial charge in [-0.15, -0.1) is 11.3 Å². The summed E-state index contributed by atoms with van der Waals surface area (Å²) >= 11 is 7.38. The van der Waals surface area contributed by atoms with Crippen molar-refractivity contribution >= 4 is 33.0 Å². The number of sulfonamides is 1. The van der Waals surface area contributed by atoms with Gasteiger partial charge in [-0.2, -0.15) is 0 Å². The van der Waals surface area contributed by atoms with Crippen LogP contribution in [0.1, 0.15) is 10.6 Å². The van der Waals surface area contributed by atoms with Gasteiger partial charge in [0.2, 0.25) is 10.0 Å². The summed E-state index contributed by atoms with van der Waals surface area (Å²) in [6, 6.07) is 4.41. The lowest BCUT2D eigenvalue weighted by molar-refractivity contribution is 0.281. The van der Waals surface area contributed by atoms with E-state index in [0.29, 0.717) is 12.0 Å². The van der Waals surface area contributed by atoms with Gasteiger partial charge in [-0.3, -0.25) is 0 Å². The van der Waals surface area contributed by atoms with E-state index in [9.17, 15) is 8.42 Å². The summed E-state index contributed by atoms with van der Waals surface area (Å²) in [6.45, 7) is 0.00827. The van der Waals surface area contributed by atoms with Crippen LogP contribution in [0.2, 0.25) is 5.02 Å². The molecule has 1 aromatic carbocycles. The van der Waals surface area contributed by atoms with Gasteiger partial charge in [-0.1, -0.05) is 17.7 Å². The summed E-state index contributed by atoms with van der Waals surface area (Å²) in [5.41, 5.74) is 0.495. The zero-order valence-corrected chi connectivity index (χ0v) is 12.8. The number of hydrogen-bond acceptors (Lipinski definition) is 5. The van der Waals surface area contributed by atoms with Crippen LogP contribution in [0.5, 0.6) is 0 Å². The molecule has 0 aliphatic rings. The average molecular weight is 333 g/mol. The Hall–Kier alpha value is -0.990. The van der Waals surface area contributed by atoms with Gasteiger partial charge >= 0.3 is 0 Å². The summed E-state index contributed by atoms with van der Waals surface area (Å²) in [5.74, 6) is 0. The molecule has 108 valence electrons. The van der Waals surface area contributed by atoms with Crippen LogP contribution < -0.4 is 4.72 Å². The number of rotatable bonds is 6. The van der Waals surface area contributed by atoms with Crippen LogP contribution in [0, 0.1) is 0 Å². The van der Waals surface area contributed by atoms with Crippen LogP contribution in [-0.4, -0.2) is 25.1 Å². The molecule has 1 aromatic heterocycles. The molecule has 0 fully saturated rings. The molecular formula is C12H13ClN2O3S2. The van der Waals surface area contributed by atoms with Crippen LogP contribution in [0.3, 0.4) is 0 Å². The fraction of sp³-hybridized carbons (Fsp3) is 0.250. The van der Waals surface area contributed by atoms with Gasteiger partial charge < -0.3 is 5.11 Å². The van der Waals surface area contributed by atoms with Gasteiger partial charge in [0.15, 0.2) is 0 Å². The number of aliphatic hydroxyl groups is 1. The Morgan fingerprint density at radius 1 is 1.40 bits per heavy atom. The minimum Gasteiger partial charge on any atom is -0.392 e. The van der Waals surface area contributed by atoms with Crippen molar-refractivity contribution in [1.29, 1.82) is 0 Å². The third-order valence-electron chi connectivity index (χ3n) is 2.58. The molecule has 0 aliphatic heterocycles. The Morgan fingerprint density at radius 3 is 2.85 bits per heavy atom. The van der Waals surface area contributed by atoms with Crippen LogP contribution in [0.4, 0.5) is 0 Å². The summed E-state index contributed by atoms with van der Waals surface area (Å²) in [7, 11) is -3.69. The number of nitrogens with one attached hydrogen (secondary N) is 1. The predicted molar refractivity (Wildman–Crippen MR) is 78.4 cm³/mol. The summed E-state index contributed by atoms with van der Waals surface area (Å²) < 4.78 is 26.8. The van der Waals surface area contributed by atoms with Crippen LogP contribution >= 0.6 is 22.9 Å². The first kappa shape index (κ1) is 15.4. The van der Waals surface area contributed by atoms with Gasteiger partial charge in [0.05, 0.1) is 16.6 Å². The maximum absolute atomic E-state index is 12.2. The van der Waals surface area contributed by atoms with Crippen molar-refractivity contribution in [3.63, 3.8) is 0 Å². The second kappa shape index (κ2) is 6.64. The fourth-order valence-electron chi connectivity index (χ4n) is 1.60. The molecule has 2 rings (SSSR count). The number of thiazole rings is 1. The molecule has 2 N–H and O–H groups in total. The molecule has 2 aromatic rings. The monoisotopic (exact) mass is 332 g/mol. The molecule has 0 saturated heterocycles. The van der Waals surface area contributed by atoms with E-state index in [1.807, 2.05) is 5.38 Å². The topological polar surface area (TPSA) is 79.3 Å². The third-order valence-corrected chi connectivity index (χ3v) is 5.36. The molecule has 0 spiro atoms. The third kappa shape index (κ3) is 3.77. The van der Waals surface area contributed by atoms with Crippen molar-refractivity contribution < 1.29 is 13.5 Å². The number of halogens is 1. The Labute approximate surface area is 126 Å². The minimum atomic E-state index is -3.69. The maximum atomic E-state index is 12.2. The fourth-order valence-corrected chi connectivity index (χ4v) is 3.80. The standard InChI is InChI=1S/C12H13ClN2O3S2/c13-10-2-1-9(8-16)7-11(10)20(17,18)15-4-3-12-14-5-6-19-12/h1-2,5-7,15-16H,3-4,8H2. The van der Waals surface area contributed by atoms with Crippen molar-refractivity contribution in [2.24, 2.45) is 0 Å². The first-order chi connectivity index (χ1) is 9.53. The number of benzene rings is 1. The Balaban J connectivity index is 2.09. The second-order valence-corrected chi connectivity index (χ2v) is 7.12. The summed E-state index contributed by atoms with van der Waals surface area (Å²) in [6.07, 6.45) is 2.20. The summed E-state index contributed by atoms with van der Waals surface area (Å²) in [4.78, 5) is 4.05. The van der Waals surface area contributed by atoms with Crippen molar-refractivity contribution in [3.8, 4) is 0 Å². The minimum absolute atomic E-state index is 0.0233. The number of aliphatic hydroxyl groups excluding tert-OH is 1. The van der Waals surface area contributed by atoms with Gasteiger partial charge in [-0.25, -0.2) is 18.1 Å². The lowest BCUT2D eigenvalue weighted by Crippen LogP contribution is -2.26. The van der Waals surface area contributed by atoms with E-state index >= 15 is 0 Å². The number of hydrogen-bond donors (Lipinski definition) is 2. The molecule has 0 bridgehead atoms. The van der Waals surface area contributed by atoms with Crippen LogP contribution in [-0.2, 0) is 23.1 Å². The normalized spacial score (nSPS) is 11.7. The molecular weight excluding hydrogens is 320 g/mol. The van der Waals surface area contributed by atoms with Crippen molar-refractivity contribution in [1.82, 2.24) is 9.71 Å². The van der Waals surface area contributed by atoms with E-state index in [4.69, 9.17) is 16.7 Å². The number of nitrogens with zero attached hydrogens (tertiary/aromatic N) is 1. The predicted octanol–water partition coefficient (Wildman–Crippen LogP) is 1.81. The van der Waals surface area contributed by atoms with Crippen molar-refractivity contribution in [3.05, 3.63) is 45.4 Å². The first-order valence-corrected chi connectivity index (χ1v) is 8.54. The van der Waals surface area contributed by atoms with Gasteiger partial charge in [-0.05, 0) is 17.7 Å². The highest BCUT2D eigenvalue weighted by Gasteiger charge is 2.18. The van der Waals surface area contributed by atoms with Crippen LogP contribution in [0.15, 0.2) is 34.7 Å². The molecule has 0 aliphatic carbocycles. The molecule has 0 unspecified atom stereocenters.